The zero-order valence-corrected chi connectivity index (χ0v) is 18.5. The predicted octanol–water partition coefficient (Wildman–Crippen LogP) is 4.13. The van der Waals surface area contributed by atoms with Crippen LogP contribution in [0.2, 0.25) is 5.02 Å². The number of rotatable bonds is 6. The van der Waals surface area contributed by atoms with Crippen molar-refractivity contribution >= 4 is 39.9 Å². The van der Waals surface area contributed by atoms with E-state index in [-0.39, 0.29) is 11.8 Å². The second-order valence-electron chi connectivity index (χ2n) is 8.17. The lowest BCUT2D eigenvalue weighted by Gasteiger charge is -2.35. The van der Waals surface area contributed by atoms with Crippen LogP contribution in [0.4, 0.5) is 5.69 Å². The molecule has 0 saturated heterocycles. The Morgan fingerprint density at radius 2 is 1.84 bits per heavy atom. The smallest absolute Gasteiger partial charge is 0.251 e. The molecule has 0 spiro atoms. The lowest BCUT2D eigenvalue weighted by Crippen LogP contribution is -2.53. The van der Waals surface area contributed by atoms with Gasteiger partial charge in [-0.25, -0.2) is 0 Å². The molecule has 0 aliphatic carbocycles. The number of fused-ring (bicyclic) bond motifs is 3. The molecule has 0 saturated carbocycles. The molecule has 31 heavy (non-hydrogen) atoms. The molecule has 1 aliphatic rings. The van der Waals surface area contributed by atoms with Gasteiger partial charge in [0.25, 0.3) is 5.91 Å². The first-order chi connectivity index (χ1) is 14.9. The van der Waals surface area contributed by atoms with Gasteiger partial charge in [0.1, 0.15) is 6.04 Å². The summed E-state index contributed by atoms with van der Waals surface area (Å²) in [5, 5.41) is 5.78. The van der Waals surface area contributed by atoms with Gasteiger partial charge in [0.2, 0.25) is 5.91 Å². The molecule has 1 aliphatic heterocycles. The number of amides is 2. The van der Waals surface area contributed by atoms with E-state index < -0.39 is 6.04 Å². The summed E-state index contributed by atoms with van der Waals surface area (Å²) >= 11 is 5.94. The molecule has 2 amide bonds. The minimum absolute atomic E-state index is 0.0659. The second-order valence-corrected chi connectivity index (χ2v) is 8.60. The van der Waals surface area contributed by atoms with E-state index in [1.165, 1.54) is 0 Å². The third-order valence-electron chi connectivity index (χ3n) is 5.68. The average molecular weight is 436 g/mol. The van der Waals surface area contributed by atoms with E-state index >= 15 is 0 Å². The van der Waals surface area contributed by atoms with Crippen LogP contribution in [-0.2, 0) is 11.2 Å². The van der Waals surface area contributed by atoms with Crippen molar-refractivity contribution in [1.29, 1.82) is 0 Å². The molecule has 3 aromatic carbocycles. The van der Waals surface area contributed by atoms with Crippen molar-refractivity contribution < 1.29 is 9.59 Å². The van der Waals surface area contributed by atoms with Crippen LogP contribution >= 0.6 is 11.6 Å². The monoisotopic (exact) mass is 435 g/mol. The van der Waals surface area contributed by atoms with Gasteiger partial charge in [-0.15, -0.1) is 0 Å². The highest BCUT2D eigenvalue weighted by Crippen LogP contribution is 2.34. The van der Waals surface area contributed by atoms with Gasteiger partial charge in [0, 0.05) is 29.2 Å². The highest BCUT2D eigenvalue weighted by Gasteiger charge is 2.34. The van der Waals surface area contributed by atoms with Gasteiger partial charge in [0.05, 0.1) is 0 Å². The minimum atomic E-state index is -0.610. The van der Waals surface area contributed by atoms with Crippen molar-refractivity contribution in [2.75, 3.05) is 32.1 Å². The fraction of sp³-hybridized carbons (Fsp3) is 0.280. The van der Waals surface area contributed by atoms with Gasteiger partial charge in [-0.2, -0.15) is 0 Å². The number of hydrogen-bond donors (Lipinski definition) is 1. The maximum absolute atomic E-state index is 13.4. The Labute approximate surface area is 187 Å². The third-order valence-corrected chi connectivity index (χ3v) is 5.93. The molecule has 0 radical (unpaired) electrons. The van der Waals surface area contributed by atoms with Crippen molar-refractivity contribution in [3.63, 3.8) is 0 Å². The van der Waals surface area contributed by atoms with Crippen molar-refractivity contribution in [3.05, 3.63) is 76.8 Å². The molecular formula is C25H26ClN3O2. The van der Waals surface area contributed by atoms with Crippen LogP contribution in [0.5, 0.6) is 0 Å². The molecular weight excluding hydrogens is 410 g/mol. The number of carbonyl (C=O) groups excluding carboxylic acids is 2. The van der Waals surface area contributed by atoms with Crippen molar-refractivity contribution in [2.24, 2.45) is 0 Å². The summed E-state index contributed by atoms with van der Waals surface area (Å²) in [6.07, 6.45) is 1.32. The molecule has 0 aromatic heterocycles. The number of halogens is 1. The van der Waals surface area contributed by atoms with Gasteiger partial charge in [-0.05, 0) is 73.7 Å². The minimum Gasteiger partial charge on any atom is -0.340 e. The van der Waals surface area contributed by atoms with Crippen LogP contribution < -0.4 is 10.2 Å². The van der Waals surface area contributed by atoms with E-state index in [1.807, 2.05) is 37.2 Å². The highest BCUT2D eigenvalue weighted by molar-refractivity contribution is 6.30. The Kier molecular flexibility index (Phi) is 6.25. The van der Waals surface area contributed by atoms with Gasteiger partial charge < -0.3 is 15.1 Å². The lowest BCUT2D eigenvalue weighted by atomic mass is 9.91. The molecule has 1 heterocycles. The highest BCUT2D eigenvalue weighted by atomic mass is 35.5. The molecule has 160 valence electrons. The first-order valence-electron chi connectivity index (χ1n) is 10.5. The number of nitrogens with zero attached hydrogens (tertiary/aromatic N) is 2. The van der Waals surface area contributed by atoms with E-state index in [0.29, 0.717) is 23.6 Å². The molecule has 0 fully saturated rings. The first kappa shape index (κ1) is 21.3. The molecule has 4 rings (SSSR count). The van der Waals surface area contributed by atoms with Crippen LogP contribution in [0, 0.1) is 0 Å². The molecule has 1 atom stereocenters. The van der Waals surface area contributed by atoms with E-state index in [2.05, 4.69) is 28.4 Å². The molecule has 1 N–H and O–H groups in total. The quantitative estimate of drug-likeness (QED) is 0.633. The summed E-state index contributed by atoms with van der Waals surface area (Å²) in [5.41, 5.74) is 2.53. The molecule has 3 aromatic rings. The number of carbonyl (C=O) groups is 2. The summed E-state index contributed by atoms with van der Waals surface area (Å²) in [6.45, 7) is 1.49. The Morgan fingerprint density at radius 1 is 1.10 bits per heavy atom. The second kappa shape index (κ2) is 9.08. The first-order valence-corrected chi connectivity index (χ1v) is 10.8. The molecule has 6 heteroatoms. The maximum atomic E-state index is 13.4. The third kappa shape index (κ3) is 4.58. The fourth-order valence-corrected chi connectivity index (χ4v) is 4.25. The average Bonchev–Trinajstić information content (AvgIpc) is 2.76. The van der Waals surface area contributed by atoms with Gasteiger partial charge in [-0.1, -0.05) is 41.9 Å². The van der Waals surface area contributed by atoms with Crippen LogP contribution in [0.1, 0.15) is 22.3 Å². The summed E-state index contributed by atoms with van der Waals surface area (Å²) < 4.78 is 0. The zero-order valence-electron chi connectivity index (χ0n) is 17.8. The van der Waals surface area contributed by atoms with Gasteiger partial charge in [-0.3, -0.25) is 9.59 Å². The normalized spacial score (nSPS) is 15.9. The largest absolute Gasteiger partial charge is 0.340 e. The summed E-state index contributed by atoms with van der Waals surface area (Å²) in [6, 6.07) is 18.4. The van der Waals surface area contributed by atoms with Gasteiger partial charge in [0.15, 0.2) is 0 Å². The van der Waals surface area contributed by atoms with E-state index in [0.717, 1.165) is 35.0 Å². The molecule has 1 unspecified atom stereocenters. The molecule has 5 nitrogen and oxygen atoms in total. The van der Waals surface area contributed by atoms with Crippen molar-refractivity contribution in [2.45, 2.75) is 18.9 Å². The SMILES string of the molecule is CN(C)CCCN1C(=O)C(NC(=O)c2ccc(Cl)cc2)Cc2c1ccc1ccccc21. The van der Waals surface area contributed by atoms with Gasteiger partial charge >= 0.3 is 0 Å². The topological polar surface area (TPSA) is 52.6 Å². The number of nitrogens with one attached hydrogen (secondary N) is 1. The summed E-state index contributed by atoms with van der Waals surface area (Å²) in [4.78, 5) is 30.2. The standard InChI is InChI=1S/C25H26ClN3O2/c1-28(2)14-5-15-29-23-13-10-17-6-3-4-7-20(17)21(23)16-22(25(29)31)27-24(30)18-8-11-19(26)12-9-18/h3-4,6-13,22H,5,14-16H2,1-2H3,(H,27,30). The van der Waals surface area contributed by atoms with E-state index in [9.17, 15) is 9.59 Å². The van der Waals surface area contributed by atoms with Crippen molar-refractivity contribution in [1.82, 2.24) is 10.2 Å². The number of anilines is 1. The van der Waals surface area contributed by atoms with Crippen LogP contribution in [0.3, 0.4) is 0 Å². The predicted molar refractivity (Wildman–Crippen MR) is 126 cm³/mol. The Hall–Kier alpha value is -2.89. The van der Waals surface area contributed by atoms with E-state index in [1.54, 1.807) is 24.3 Å². The lowest BCUT2D eigenvalue weighted by molar-refractivity contribution is -0.120. The zero-order chi connectivity index (χ0) is 22.0. The Balaban J connectivity index is 1.66. The number of hydrogen-bond acceptors (Lipinski definition) is 3. The molecule has 0 bridgehead atoms. The summed E-state index contributed by atoms with van der Waals surface area (Å²) in [5.74, 6) is -0.337. The Bertz CT molecular complexity index is 1110. The van der Waals surface area contributed by atoms with E-state index in [4.69, 9.17) is 11.6 Å². The van der Waals surface area contributed by atoms with Crippen molar-refractivity contribution in [3.8, 4) is 0 Å². The fourth-order valence-electron chi connectivity index (χ4n) is 4.12. The maximum Gasteiger partial charge on any atom is 0.251 e. The number of benzene rings is 3. The Morgan fingerprint density at radius 3 is 2.58 bits per heavy atom. The van der Waals surface area contributed by atoms with Crippen LogP contribution in [0.15, 0.2) is 60.7 Å². The van der Waals surface area contributed by atoms with Crippen LogP contribution in [-0.4, -0.2) is 49.9 Å². The van der Waals surface area contributed by atoms with Crippen LogP contribution in [0.25, 0.3) is 10.8 Å². The summed E-state index contributed by atoms with van der Waals surface area (Å²) in [7, 11) is 4.04.